The van der Waals surface area contributed by atoms with E-state index in [1.807, 2.05) is 36.4 Å². The summed E-state index contributed by atoms with van der Waals surface area (Å²) in [6.07, 6.45) is 2.05. The highest BCUT2D eigenvalue weighted by molar-refractivity contribution is 5.98. The van der Waals surface area contributed by atoms with E-state index in [0.717, 1.165) is 35.1 Å². The Balaban J connectivity index is 2.12. The summed E-state index contributed by atoms with van der Waals surface area (Å²) in [6, 6.07) is 16.1. The number of esters is 1. The molecule has 23 heavy (non-hydrogen) atoms. The van der Waals surface area contributed by atoms with Crippen molar-refractivity contribution in [1.82, 2.24) is 0 Å². The van der Waals surface area contributed by atoms with Gasteiger partial charge in [-0.1, -0.05) is 61.9 Å². The van der Waals surface area contributed by atoms with E-state index < -0.39 is 5.41 Å². The minimum Gasteiger partial charge on any atom is -0.468 e. The Bertz CT molecular complexity index is 660. The molecule has 3 rings (SSSR count). The third-order valence-electron chi connectivity index (χ3n) is 4.56. The van der Waals surface area contributed by atoms with Crippen molar-refractivity contribution < 1.29 is 14.3 Å². The van der Waals surface area contributed by atoms with Crippen LogP contribution in [0.3, 0.4) is 0 Å². The predicted octanol–water partition coefficient (Wildman–Crippen LogP) is 3.94. The molecule has 0 spiro atoms. The lowest BCUT2D eigenvalue weighted by Crippen LogP contribution is -2.41. The third kappa shape index (κ3) is 2.45. The van der Waals surface area contributed by atoms with E-state index in [-0.39, 0.29) is 5.97 Å². The van der Waals surface area contributed by atoms with Crippen molar-refractivity contribution in [2.75, 3.05) is 20.3 Å². The molecule has 0 fully saturated rings. The summed E-state index contributed by atoms with van der Waals surface area (Å²) in [5.74, 6) is -0.258. The van der Waals surface area contributed by atoms with Gasteiger partial charge in [0.05, 0.1) is 13.7 Å². The molecule has 0 amide bonds. The minimum absolute atomic E-state index is 0.258. The largest absolute Gasteiger partial charge is 0.468 e. The number of carbonyl (C=O) groups excluding carboxylic acids is 1. The van der Waals surface area contributed by atoms with E-state index in [9.17, 15) is 4.79 Å². The number of hydrogen-bond donors (Lipinski definition) is 0. The second-order valence-corrected chi connectivity index (χ2v) is 5.89. The number of ether oxygens (including phenoxy) is 2. The van der Waals surface area contributed by atoms with Gasteiger partial charge in [-0.05, 0) is 28.7 Å². The van der Waals surface area contributed by atoms with Crippen LogP contribution < -0.4 is 0 Å². The van der Waals surface area contributed by atoms with Crippen LogP contribution >= 0.6 is 0 Å². The quantitative estimate of drug-likeness (QED) is 0.599. The molecule has 0 radical (unpaired) electrons. The molecule has 0 heterocycles. The maximum atomic E-state index is 12.8. The lowest BCUT2D eigenvalue weighted by atomic mass is 9.79. The molecule has 0 atom stereocenters. The van der Waals surface area contributed by atoms with Gasteiger partial charge in [0, 0.05) is 6.61 Å². The SMILES string of the molecule is CCCCOCC1(C(=O)OC)c2ccccc2-c2ccccc21. The topological polar surface area (TPSA) is 35.5 Å². The first-order valence-electron chi connectivity index (χ1n) is 8.11. The fourth-order valence-corrected chi connectivity index (χ4v) is 3.41. The van der Waals surface area contributed by atoms with E-state index in [1.165, 1.54) is 7.11 Å². The summed E-state index contributed by atoms with van der Waals surface area (Å²) in [4.78, 5) is 12.8. The highest BCUT2D eigenvalue weighted by Crippen LogP contribution is 2.49. The van der Waals surface area contributed by atoms with Gasteiger partial charge in [-0.25, -0.2) is 0 Å². The highest BCUT2D eigenvalue weighted by Gasteiger charge is 2.50. The van der Waals surface area contributed by atoms with Gasteiger partial charge in [-0.2, -0.15) is 0 Å². The number of hydrogen-bond acceptors (Lipinski definition) is 3. The second-order valence-electron chi connectivity index (χ2n) is 5.89. The molecule has 1 aliphatic rings. The number of unbranched alkanes of at least 4 members (excludes halogenated alkanes) is 1. The van der Waals surface area contributed by atoms with Crippen LogP contribution in [0.15, 0.2) is 48.5 Å². The first kappa shape index (κ1) is 15.8. The van der Waals surface area contributed by atoms with Gasteiger partial charge in [-0.15, -0.1) is 0 Å². The summed E-state index contributed by atoms with van der Waals surface area (Å²) < 4.78 is 11.1. The van der Waals surface area contributed by atoms with Crippen molar-refractivity contribution in [3.05, 3.63) is 59.7 Å². The summed E-state index contributed by atoms with van der Waals surface area (Å²) in [5.41, 5.74) is 3.27. The van der Waals surface area contributed by atoms with Crippen LogP contribution in [0.1, 0.15) is 30.9 Å². The van der Waals surface area contributed by atoms with Crippen LogP contribution in [-0.2, 0) is 19.7 Å². The zero-order valence-corrected chi connectivity index (χ0v) is 13.7. The normalized spacial score (nSPS) is 14.2. The van der Waals surface area contributed by atoms with Crippen LogP contribution in [0, 0.1) is 0 Å². The summed E-state index contributed by atoms with van der Waals surface area (Å²) in [7, 11) is 1.44. The lowest BCUT2D eigenvalue weighted by molar-refractivity contribution is -0.148. The van der Waals surface area contributed by atoms with Crippen LogP contribution in [-0.4, -0.2) is 26.3 Å². The molecule has 0 saturated carbocycles. The van der Waals surface area contributed by atoms with Crippen LogP contribution in [0.2, 0.25) is 0 Å². The Morgan fingerprint density at radius 3 is 2.09 bits per heavy atom. The molecule has 3 nitrogen and oxygen atoms in total. The average Bonchev–Trinajstić information content (AvgIpc) is 2.90. The Kier molecular flexibility index (Phi) is 4.49. The van der Waals surface area contributed by atoms with Gasteiger partial charge >= 0.3 is 5.97 Å². The highest BCUT2D eigenvalue weighted by atomic mass is 16.5. The Hall–Kier alpha value is -2.13. The molecule has 0 aromatic heterocycles. The van der Waals surface area contributed by atoms with Gasteiger partial charge in [0.2, 0.25) is 0 Å². The summed E-state index contributed by atoms with van der Waals surface area (Å²) in [5, 5.41) is 0. The first-order chi connectivity index (χ1) is 11.3. The third-order valence-corrected chi connectivity index (χ3v) is 4.56. The first-order valence-corrected chi connectivity index (χ1v) is 8.11. The fraction of sp³-hybridized carbons (Fsp3) is 0.350. The van der Waals surface area contributed by atoms with E-state index in [0.29, 0.717) is 13.2 Å². The molecule has 0 saturated heterocycles. The van der Waals surface area contributed by atoms with Crippen LogP contribution in [0.25, 0.3) is 11.1 Å². The number of rotatable bonds is 6. The minimum atomic E-state index is -0.865. The monoisotopic (exact) mass is 310 g/mol. The number of benzene rings is 2. The van der Waals surface area contributed by atoms with Gasteiger partial charge in [0.1, 0.15) is 5.41 Å². The second kappa shape index (κ2) is 6.55. The number of methoxy groups -OCH3 is 1. The van der Waals surface area contributed by atoms with Gasteiger partial charge in [0.25, 0.3) is 0 Å². The smallest absolute Gasteiger partial charge is 0.323 e. The van der Waals surface area contributed by atoms with E-state index in [4.69, 9.17) is 9.47 Å². The van der Waals surface area contributed by atoms with Crippen molar-refractivity contribution in [1.29, 1.82) is 0 Å². The standard InChI is InChI=1S/C20H22O3/c1-3-4-13-23-14-20(19(21)22-2)17-11-7-5-9-15(17)16-10-6-8-12-18(16)20/h5-12H,3-4,13-14H2,1-2H3. The summed E-state index contributed by atoms with van der Waals surface area (Å²) >= 11 is 0. The zero-order chi connectivity index (χ0) is 16.3. The molecule has 0 aliphatic heterocycles. The van der Waals surface area contributed by atoms with Gasteiger partial charge in [0.15, 0.2) is 0 Å². The van der Waals surface area contributed by atoms with Crippen LogP contribution in [0.5, 0.6) is 0 Å². The fourth-order valence-electron chi connectivity index (χ4n) is 3.41. The van der Waals surface area contributed by atoms with Crippen molar-refractivity contribution in [3.8, 4) is 11.1 Å². The van der Waals surface area contributed by atoms with Crippen molar-refractivity contribution in [3.63, 3.8) is 0 Å². The number of fused-ring (bicyclic) bond motifs is 3. The molecule has 2 aromatic rings. The maximum Gasteiger partial charge on any atom is 0.323 e. The maximum absolute atomic E-state index is 12.8. The van der Waals surface area contributed by atoms with Crippen molar-refractivity contribution >= 4 is 5.97 Å². The van der Waals surface area contributed by atoms with Gasteiger partial charge in [-0.3, -0.25) is 4.79 Å². The Labute approximate surface area is 137 Å². The Morgan fingerprint density at radius 2 is 1.57 bits per heavy atom. The lowest BCUT2D eigenvalue weighted by Gasteiger charge is -2.28. The Morgan fingerprint density at radius 1 is 1.00 bits per heavy atom. The molecule has 1 aliphatic carbocycles. The molecule has 0 bridgehead atoms. The molecule has 0 unspecified atom stereocenters. The molecule has 3 heteroatoms. The molecular formula is C20H22O3. The number of carbonyl (C=O) groups is 1. The van der Waals surface area contributed by atoms with E-state index in [2.05, 4.69) is 19.1 Å². The van der Waals surface area contributed by atoms with Crippen LogP contribution in [0.4, 0.5) is 0 Å². The van der Waals surface area contributed by atoms with Crippen molar-refractivity contribution in [2.24, 2.45) is 0 Å². The molecule has 0 N–H and O–H groups in total. The zero-order valence-electron chi connectivity index (χ0n) is 13.7. The molecular weight excluding hydrogens is 288 g/mol. The summed E-state index contributed by atoms with van der Waals surface area (Å²) in [6.45, 7) is 3.09. The predicted molar refractivity (Wildman–Crippen MR) is 90.4 cm³/mol. The van der Waals surface area contributed by atoms with Crippen molar-refractivity contribution in [2.45, 2.75) is 25.2 Å². The molecule has 120 valence electrons. The molecule has 2 aromatic carbocycles. The average molecular weight is 310 g/mol. The van der Waals surface area contributed by atoms with Gasteiger partial charge < -0.3 is 9.47 Å². The van der Waals surface area contributed by atoms with E-state index >= 15 is 0 Å². The van der Waals surface area contributed by atoms with E-state index in [1.54, 1.807) is 0 Å².